The van der Waals surface area contributed by atoms with E-state index in [1.807, 2.05) is 31.2 Å². The summed E-state index contributed by atoms with van der Waals surface area (Å²) >= 11 is 0. The molecule has 0 aliphatic rings. The zero-order valence-corrected chi connectivity index (χ0v) is 16.6. The summed E-state index contributed by atoms with van der Waals surface area (Å²) in [7, 11) is 0. The van der Waals surface area contributed by atoms with Crippen LogP contribution in [-0.2, 0) is 13.2 Å². The average molecular weight is 379 g/mol. The highest BCUT2D eigenvalue weighted by molar-refractivity contribution is 5.49. The Hall–Kier alpha value is -3.01. The molecule has 0 aliphatic carbocycles. The Bertz CT molecular complexity index is 940. The maximum absolute atomic E-state index is 13.3. The molecule has 0 bridgehead atoms. The van der Waals surface area contributed by atoms with E-state index in [1.54, 1.807) is 6.07 Å². The molecule has 0 unspecified atom stereocenters. The van der Waals surface area contributed by atoms with Gasteiger partial charge in [0.25, 0.3) is 0 Å². The monoisotopic (exact) mass is 379 g/mol. The number of anilines is 1. The van der Waals surface area contributed by atoms with Crippen molar-refractivity contribution in [3.8, 4) is 11.5 Å². The molecule has 0 fully saturated rings. The van der Waals surface area contributed by atoms with Crippen molar-refractivity contribution in [2.75, 3.05) is 11.9 Å². The maximum atomic E-state index is 13.3. The second-order valence-electron chi connectivity index (χ2n) is 6.79. The molecule has 3 nitrogen and oxygen atoms in total. The van der Waals surface area contributed by atoms with Gasteiger partial charge in [-0.2, -0.15) is 0 Å². The summed E-state index contributed by atoms with van der Waals surface area (Å²) in [4.78, 5) is 0. The third-order valence-electron chi connectivity index (χ3n) is 4.59. The standard InChI is InChI=1S/C24H26FNO2/c1-4-27-24-14-19(15-26-22-10-8-17(2)18(3)12-22)9-11-23(24)28-16-20-6-5-7-21(25)13-20/h5-14,26H,4,15-16H2,1-3H3. The zero-order chi connectivity index (χ0) is 19.9. The lowest BCUT2D eigenvalue weighted by Gasteiger charge is -2.14. The smallest absolute Gasteiger partial charge is 0.161 e. The molecule has 0 atom stereocenters. The average Bonchev–Trinajstić information content (AvgIpc) is 2.68. The number of benzene rings is 3. The molecule has 1 N–H and O–H groups in total. The van der Waals surface area contributed by atoms with Crippen molar-refractivity contribution in [3.05, 3.63) is 88.7 Å². The van der Waals surface area contributed by atoms with Crippen LogP contribution in [-0.4, -0.2) is 6.61 Å². The highest BCUT2D eigenvalue weighted by atomic mass is 19.1. The van der Waals surface area contributed by atoms with E-state index in [0.29, 0.717) is 24.7 Å². The predicted molar refractivity (Wildman–Crippen MR) is 112 cm³/mol. The van der Waals surface area contributed by atoms with Gasteiger partial charge in [0.2, 0.25) is 0 Å². The zero-order valence-electron chi connectivity index (χ0n) is 16.6. The first-order valence-corrected chi connectivity index (χ1v) is 9.49. The van der Waals surface area contributed by atoms with Crippen molar-refractivity contribution < 1.29 is 13.9 Å². The van der Waals surface area contributed by atoms with Crippen LogP contribution < -0.4 is 14.8 Å². The molecular formula is C24H26FNO2. The summed E-state index contributed by atoms with van der Waals surface area (Å²) in [5.74, 6) is 1.08. The number of ether oxygens (including phenoxy) is 2. The molecule has 3 aromatic rings. The number of halogens is 1. The van der Waals surface area contributed by atoms with Crippen molar-refractivity contribution in [2.45, 2.75) is 33.9 Å². The van der Waals surface area contributed by atoms with Gasteiger partial charge in [0.1, 0.15) is 12.4 Å². The van der Waals surface area contributed by atoms with E-state index in [9.17, 15) is 4.39 Å². The van der Waals surface area contributed by atoms with Crippen molar-refractivity contribution in [1.29, 1.82) is 0 Å². The second kappa shape index (κ2) is 9.27. The highest BCUT2D eigenvalue weighted by Crippen LogP contribution is 2.30. The Kier molecular flexibility index (Phi) is 6.53. The maximum Gasteiger partial charge on any atom is 0.161 e. The van der Waals surface area contributed by atoms with Crippen LogP contribution in [0.25, 0.3) is 0 Å². The molecule has 0 saturated carbocycles. The number of nitrogens with one attached hydrogen (secondary N) is 1. The molecule has 3 rings (SSSR count). The van der Waals surface area contributed by atoms with Gasteiger partial charge in [-0.1, -0.05) is 24.3 Å². The van der Waals surface area contributed by atoms with Gasteiger partial charge in [-0.3, -0.25) is 0 Å². The fraction of sp³-hybridized carbons (Fsp3) is 0.250. The molecule has 3 aromatic carbocycles. The van der Waals surface area contributed by atoms with Gasteiger partial charge in [0.15, 0.2) is 11.5 Å². The van der Waals surface area contributed by atoms with Gasteiger partial charge in [-0.15, -0.1) is 0 Å². The van der Waals surface area contributed by atoms with E-state index < -0.39 is 0 Å². The van der Waals surface area contributed by atoms with Gasteiger partial charge in [-0.25, -0.2) is 4.39 Å². The molecule has 0 aromatic heterocycles. The first-order chi connectivity index (χ1) is 13.5. The normalized spacial score (nSPS) is 10.6. The number of aryl methyl sites for hydroxylation is 2. The molecular weight excluding hydrogens is 353 g/mol. The number of rotatable bonds is 8. The lowest BCUT2D eigenvalue weighted by molar-refractivity contribution is 0.269. The van der Waals surface area contributed by atoms with Crippen molar-refractivity contribution in [2.24, 2.45) is 0 Å². The van der Waals surface area contributed by atoms with Crippen LogP contribution in [0, 0.1) is 19.7 Å². The minimum absolute atomic E-state index is 0.265. The molecule has 0 aliphatic heterocycles. The predicted octanol–water partition coefficient (Wildman–Crippen LogP) is 6.03. The van der Waals surface area contributed by atoms with Crippen molar-refractivity contribution in [1.82, 2.24) is 0 Å². The molecule has 0 spiro atoms. The summed E-state index contributed by atoms with van der Waals surface area (Å²) in [6.45, 7) is 7.68. The van der Waals surface area contributed by atoms with Gasteiger partial charge >= 0.3 is 0 Å². The summed E-state index contributed by atoms with van der Waals surface area (Å²) in [6, 6.07) is 18.7. The van der Waals surface area contributed by atoms with Crippen LogP contribution in [0.4, 0.5) is 10.1 Å². The van der Waals surface area contributed by atoms with Crippen LogP contribution in [0.5, 0.6) is 11.5 Å². The quantitative estimate of drug-likeness (QED) is 0.518. The summed E-state index contributed by atoms with van der Waals surface area (Å²) in [5, 5.41) is 3.44. The topological polar surface area (TPSA) is 30.5 Å². The van der Waals surface area contributed by atoms with Crippen LogP contribution in [0.3, 0.4) is 0 Å². The van der Waals surface area contributed by atoms with E-state index in [-0.39, 0.29) is 12.4 Å². The molecule has 0 heterocycles. The van der Waals surface area contributed by atoms with E-state index in [4.69, 9.17) is 9.47 Å². The lowest BCUT2D eigenvalue weighted by Crippen LogP contribution is -2.03. The van der Waals surface area contributed by atoms with Crippen LogP contribution in [0.2, 0.25) is 0 Å². The highest BCUT2D eigenvalue weighted by Gasteiger charge is 2.08. The number of hydrogen-bond acceptors (Lipinski definition) is 3. The molecule has 0 radical (unpaired) electrons. The Morgan fingerprint density at radius 3 is 2.43 bits per heavy atom. The minimum atomic E-state index is -0.265. The fourth-order valence-electron chi connectivity index (χ4n) is 2.89. The van der Waals surface area contributed by atoms with Gasteiger partial charge in [-0.05, 0) is 79.4 Å². The van der Waals surface area contributed by atoms with E-state index in [0.717, 1.165) is 16.8 Å². The molecule has 146 valence electrons. The van der Waals surface area contributed by atoms with E-state index in [1.165, 1.54) is 23.3 Å². The summed E-state index contributed by atoms with van der Waals surface area (Å²) in [5.41, 5.74) is 5.51. The first kappa shape index (κ1) is 19.7. The third kappa shape index (κ3) is 5.26. The summed E-state index contributed by atoms with van der Waals surface area (Å²) in [6.07, 6.45) is 0. The van der Waals surface area contributed by atoms with Gasteiger partial charge in [0, 0.05) is 12.2 Å². The summed E-state index contributed by atoms with van der Waals surface area (Å²) < 4.78 is 24.9. The van der Waals surface area contributed by atoms with Crippen molar-refractivity contribution in [3.63, 3.8) is 0 Å². The minimum Gasteiger partial charge on any atom is -0.490 e. The number of hydrogen-bond donors (Lipinski definition) is 1. The molecule has 28 heavy (non-hydrogen) atoms. The molecule has 0 saturated heterocycles. The lowest BCUT2D eigenvalue weighted by atomic mass is 10.1. The Labute approximate surface area is 166 Å². The third-order valence-corrected chi connectivity index (χ3v) is 4.59. The van der Waals surface area contributed by atoms with Gasteiger partial charge in [0.05, 0.1) is 6.61 Å². The van der Waals surface area contributed by atoms with Crippen LogP contribution >= 0.6 is 0 Å². The largest absolute Gasteiger partial charge is 0.490 e. The Morgan fingerprint density at radius 1 is 0.821 bits per heavy atom. The molecule has 0 amide bonds. The van der Waals surface area contributed by atoms with E-state index in [2.05, 4.69) is 37.4 Å². The fourth-order valence-corrected chi connectivity index (χ4v) is 2.89. The molecule has 4 heteroatoms. The van der Waals surface area contributed by atoms with Crippen molar-refractivity contribution >= 4 is 5.69 Å². The van der Waals surface area contributed by atoms with Crippen LogP contribution in [0.15, 0.2) is 60.7 Å². The second-order valence-corrected chi connectivity index (χ2v) is 6.79. The van der Waals surface area contributed by atoms with Crippen LogP contribution in [0.1, 0.15) is 29.2 Å². The van der Waals surface area contributed by atoms with Gasteiger partial charge < -0.3 is 14.8 Å². The first-order valence-electron chi connectivity index (χ1n) is 9.49. The Morgan fingerprint density at radius 2 is 1.68 bits per heavy atom. The Balaban J connectivity index is 1.68. The van der Waals surface area contributed by atoms with E-state index >= 15 is 0 Å². The SMILES string of the molecule is CCOc1cc(CNc2ccc(C)c(C)c2)ccc1OCc1cccc(F)c1.